The van der Waals surface area contributed by atoms with Crippen molar-refractivity contribution in [2.24, 2.45) is 0 Å². The van der Waals surface area contributed by atoms with Crippen LogP contribution in [0.4, 0.5) is 0 Å². The minimum Gasteiger partial charge on any atom is -0.338 e. The summed E-state index contributed by atoms with van der Waals surface area (Å²) in [7, 11) is 1.65. The van der Waals surface area contributed by atoms with Gasteiger partial charge >= 0.3 is 0 Å². The van der Waals surface area contributed by atoms with Crippen LogP contribution in [-0.2, 0) is 9.59 Å². The van der Waals surface area contributed by atoms with E-state index in [1.165, 1.54) is 49.8 Å². The van der Waals surface area contributed by atoms with Crippen molar-refractivity contribution in [3.05, 3.63) is 0 Å². The van der Waals surface area contributed by atoms with E-state index < -0.39 is 0 Å². The van der Waals surface area contributed by atoms with Gasteiger partial charge in [-0.1, -0.05) is 58.3 Å². The highest BCUT2D eigenvalue weighted by atomic mass is 16.2. The minimum atomic E-state index is 0.0568. The molecule has 0 saturated carbocycles. The molecule has 0 fully saturated rings. The van der Waals surface area contributed by atoms with Gasteiger partial charge in [-0.2, -0.15) is 0 Å². The second-order valence-corrected chi connectivity index (χ2v) is 4.97. The Bertz CT molecular complexity index is 217. The van der Waals surface area contributed by atoms with E-state index in [9.17, 15) is 9.59 Å². The summed E-state index contributed by atoms with van der Waals surface area (Å²) in [5.41, 5.74) is 0. The van der Waals surface area contributed by atoms with E-state index >= 15 is 0 Å². The Morgan fingerprint density at radius 3 is 1.94 bits per heavy atom. The lowest BCUT2D eigenvalue weighted by Gasteiger charge is -2.12. The number of hydrogen-bond acceptors (Lipinski definition) is 2. The van der Waals surface area contributed by atoms with Crippen molar-refractivity contribution in [1.29, 1.82) is 0 Å². The van der Waals surface area contributed by atoms with E-state index in [1.54, 1.807) is 13.3 Å². The summed E-state index contributed by atoms with van der Waals surface area (Å²) in [6.45, 7) is 2.33. The molecule has 1 radical (unpaired) electrons. The second-order valence-electron chi connectivity index (χ2n) is 4.97. The predicted molar refractivity (Wildman–Crippen MR) is 75.2 cm³/mol. The van der Waals surface area contributed by atoms with Gasteiger partial charge in [0.2, 0.25) is 12.2 Å². The molecule has 0 rings (SSSR count). The van der Waals surface area contributed by atoms with Crippen molar-refractivity contribution in [3.63, 3.8) is 0 Å². The van der Waals surface area contributed by atoms with Gasteiger partial charge in [-0.25, -0.2) is 0 Å². The first-order valence-corrected chi connectivity index (χ1v) is 7.31. The molecule has 0 atom stereocenters. The van der Waals surface area contributed by atoms with Gasteiger partial charge in [0.25, 0.3) is 0 Å². The van der Waals surface area contributed by atoms with E-state index in [0.29, 0.717) is 6.42 Å². The predicted octanol–water partition coefficient (Wildman–Crippen LogP) is 3.48. The molecule has 1 amide bonds. The van der Waals surface area contributed by atoms with E-state index in [2.05, 4.69) is 6.92 Å². The quantitative estimate of drug-likeness (QED) is 0.500. The fraction of sp³-hybridized carbons (Fsp3) is 0.867. The standard InChI is InChI=1S/C15H28NO2/c1-3-4-5-6-7-8-9-10-11-12-15(18)16(2)13-14-17/h3-13H2,1-2H3. The SMILES string of the molecule is CCCCCCCCCCCC(=O)N(C)C[C]=O. The Hall–Kier alpha value is -0.860. The molecule has 0 saturated heterocycles. The maximum absolute atomic E-state index is 11.5. The van der Waals surface area contributed by atoms with Crippen LogP contribution in [0.2, 0.25) is 0 Å². The van der Waals surface area contributed by atoms with E-state index in [4.69, 9.17) is 0 Å². The molecule has 0 heterocycles. The van der Waals surface area contributed by atoms with Crippen LogP contribution < -0.4 is 0 Å². The first kappa shape index (κ1) is 17.1. The molecule has 3 heteroatoms. The Morgan fingerprint density at radius 2 is 1.44 bits per heavy atom. The molecular weight excluding hydrogens is 226 g/mol. The third kappa shape index (κ3) is 10.3. The number of hydrogen-bond donors (Lipinski definition) is 0. The lowest BCUT2D eigenvalue weighted by molar-refractivity contribution is -0.129. The summed E-state index contributed by atoms with van der Waals surface area (Å²) in [5.74, 6) is 0.0568. The molecule has 0 aliphatic carbocycles. The molecule has 0 bridgehead atoms. The van der Waals surface area contributed by atoms with Crippen LogP contribution in [0, 0.1) is 0 Å². The molecule has 0 spiro atoms. The van der Waals surface area contributed by atoms with Crippen molar-refractivity contribution in [2.45, 2.75) is 71.1 Å². The van der Waals surface area contributed by atoms with Gasteiger partial charge in [0.1, 0.15) is 0 Å². The molecule has 0 aromatic rings. The zero-order chi connectivity index (χ0) is 13.6. The number of likely N-dealkylation sites (N-methyl/N-ethyl adjacent to an activating group) is 1. The zero-order valence-corrected chi connectivity index (χ0v) is 12.0. The van der Waals surface area contributed by atoms with Crippen LogP contribution in [0.1, 0.15) is 71.1 Å². The summed E-state index contributed by atoms with van der Waals surface area (Å²) >= 11 is 0. The maximum Gasteiger partial charge on any atom is 0.222 e. The highest BCUT2D eigenvalue weighted by molar-refractivity contribution is 5.78. The topological polar surface area (TPSA) is 37.4 Å². The summed E-state index contributed by atoms with van der Waals surface area (Å²) < 4.78 is 0. The first-order valence-electron chi connectivity index (χ1n) is 7.31. The molecular formula is C15H28NO2. The van der Waals surface area contributed by atoms with Gasteiger partial charge in [-0.15, -0.1) is 0 Å². The van der Waals surface area contributed by atoms with Crippen molar-refractivity contribution >= 4 is 12.2 Å². The van der Waals surface area contributed by atoms with Gasteiger partial charge < -0.3 is 4.90 Å². The maximum atomic E-state index is 11.5. The van der Waals surface area contributed by atoms with Crippen molar-refractivity contribution in [2.75, 3.05) is 13.6 Å². The van der Waals surface area contributed by atoms with E-state index in [0.717, 1.165) is 12.8 Å². The molecule has 3 nitrogen and oxygen atoms in total. The molecule has 0 aliphatic heterocycles. The largest absolute Gasteiger partial charge is 0.338 e. The summed E-state index contributed by atoms with van der Waals surface area (Å²) in [4.78, 5) is 23.1. The average Bonchev–Trinajstić information content (AvgIpc) is 2.36. The summed E-state index contributed by atoms with van der Waals surface area (Å²) in [6.07, 6.45) is 13.6. The average molecular weight is 254 g/mol. The fourth-order valence-electron chi connectivity index (χ4n) is 1.96. The van der Waals surface area contributed by atoms with Crippen LogP contribution in [-0.4, -0.2) is 30.7 Å². The number of amides is 1. The van der Waals surface area contributed by atoms with Crippen molar-refractivity contribution in [1.82, 2.24) is 4.90 Å². The van der Waals surface area contributed by atoms with Gasteiger partial charge in [0.05, 0.1) is 6.54 Å². The molecule has 0 aromatic carbocycles. The van der Waals surface area contributed by atoms with Crippen LogP contribution >= 0.6 is 0 Å². The fourth-order valence-corrected chi connectivity index (χ4v) is 1.96. The van der Waals surface area contributed by atoms with Crippen LogP contribution in [0.5, 0.6) is 0 Å². The third-order valence-corrected chi connectivity index (χ3v) is 3.22. The van der Waals surface area contributed by atoms with Crippen LogP contribution in [0.15, 0.2) is 0 Å². The van der Waals surface area contributed by atoms with Crippen LogP contribution in [0.25, 0.3) is 0 Å². The molecule has 0 aromatic heterocycles. The van der Waals surface area contributed by atoms with Crippen molar-refractivity contribution < 1.29 is 9.59 Å². The Labute approximate surface area is 112 Å². The number of rotatable bonds is 12. The second kappa shape index (κ2) is 12.6. The van der Waals surface area contributed by atoms with E-state index in [-0.39, 0.29) is 12.5 Å². The first-order chi connectivity index (χ1) is 8.72. The molecule has 105 valence electrons. The normalized spacial score (nSPS) is 10.3. The smallest absolute Gasteiger partial charge is 0.222 e. The third-order valence-electron chi connectivity index (χ3n) is 3.22. The Morgan fingerprint density at radius 1 is 0.944 bits per heavy atom. The van der Waals surface area contributed by atoms with Gasteiger partial charge in [0.15, 0.2) is 0 Å². The van der Waals surface area contributed by atoms with Gasteiger partial charge in [-0.05, 0) is 6.42 Å². The lowest BCUT2D eigenvalue weighted by Crippen LogP contribution is -2.27. The highest BCUT2D eigenvalue weighted by Gasteiger charge is 2.06. The molecule has 0 unspecified atom stereocenters. The van der Waals surface area contributed by atoms with Crippen molar-refractivity contribution in [3.8, 4) is 0 Å². The summed E-state index contributed by atoms with van der Waals surface area (Å²) in [6, 6.07) is 0. The number of unbranched alkanes of at least 4 members (excludes halogenated alkanes) is 8. The monoisotopic (exact) mass is 254 g/mol. The number of carbonyl (C=O) groups excluding carboxylic acids is 2. The molecule has 18 heavy (non-hydrogen) atoms. The van der Waals surface area contributed by atoms with Gasteiger partial charge in [0, 0.05) is 13.5 Å². The van der Waals surface area contributed by atoms with E-state index in [1.807, 2.05) is 0 Å². The van der Waals surface area contributed by atoms with Crippen LogP contribution in [0.3, 0.4) is 0 Å². The lowest BCUT2D eigenvalue weighted by atomic mass is 10.1. The molecule has 0 aliphatic rings. The zero-order valence-electron chi connectivity index (χ0n) is 12.0. The number of carbonyl (C=O) groups is 1. The minimum absolute atomic E-state index is 0.0568. The number of nitrogens with zero attached hydrogens (tertiary/aromatic N) is 1. The Balaban J connectivity index is 3.24. The molecule has 0 N–H and O–H groups in total. The summed E-state index contributed by atoms with van der Waals surface area (Å²) in [5, 5.41) is 0. The Kier molecular flexibility index (Phi) is 12.0. The highest BCUT2D eigenvalue weighted by Crippen LogP contribution is 2.10. The van der Waals surface area contributed by atoms with Gasteiger partial charge in [-0.3, -0.25) is 9.59 Å².